The number of rotatable bonds is 12. The highest BCUT2D eigenvalue weighted by atomic mass is 32.2. The highest BCUT2D eigenvalue weighted by molar-refractivity contribution is 8.04. The third-order valence-corrected chi connectivity index (χ3v) is 24.3. The van der Waals surface area contributed by atoms with Gasteiger partial charge in [-0.2, -0.15) is 0 Å². The van der Waals surface area contributed by atoms with Crippen molar-refractivity contribution in [2.75, 3.05) is 4.90 Å². The Balaban J connectivity index is 0.795. The first-order valence-electron chi connectivity index (χ1n) is 33.5. The molecule has 2 nitrogen and oxygen atoms in total. The molecule has 91 heavy (non-hydrogen) atoms. The Morgan fingerprint density at radius 3 is 2.08 bits per heavy atom. The summed E-state index contributed by atoms with van der Waals surface area (Å²) in [6, 6.07) is 39.8. The van der Waals surface area contributed by atoms with Gasteiger partial charge in [0.05, 0.1) is 11.9 Å². The summed E-state index contributed by atoms with van der Waals surface area (Å²) in [5.74, 6) is 1.44. The maximum absolute atomic E-state index is 15.3. The van der Waals surface area contributed by atoms with Crippen molar-refractivity contribution in [3.8, 4) is 0 Å². The van der Waals surface area contributed by atoms with E-state index in [1.165, 1.54) is 93.7 Å². The second-order valence-electron chi connectivity index (χ2n) is 27.7. The minimum Gasteiger partial charge on any atom is -0.338 e. The Kier molecular flexibility index (Phi) is 14.5. The van der Waals surface area contributed by atoms with Gasteiger partial charge in [-0.15, -0.1) is 11.8 Å². The van der Waals surface area contributed by atoms with Crippen LogP contribution in [-0.4, -0.2) is 22.2 Å². The molecular weight excluding hydrogens is 1130 g/mol. The second kappa shape index (κ2) is 22.8. The van der Waals surface area contributed by atoms with E-state index in [9.17, 15) is 0 Å². The van der Waals surface area contributed by atoms with E-state index in [-0.39, 0.29) is 81.2 Å². The molecule has 0 aromatic heterocycles. The van der Waals surface area contributed by atoms with Gasteiger partial charge < -0.3 is 9.80 Å². The van der Waals surface area contributed by atoms with Crippen LogP contribution in [0.15, 0.2) is 277 Å². The zero-order valence-electron chi connectivity index (χ0n) is 52.8. The smallest absolute Gasteiger partial charge is 0.119 e. The first kappa shape index (κ1) is 57.9. The van der Waals surface area contributed by atoms with Gasteiger partial charge in [-0.05, 0) is 203 Å². The number of thioether (sulfide) groups is 1. The summed E-state index contributed by atoms with van der Waals surface area (Å²) in [6.07, 6.45) is 56.0. The van der Waals surface area contributed by atoms with Crippen molar-refractivity contribution in [2.24, 2.45) is 41.4 Å². The molecule has 1 aliphatic heterocycles. The van der Waals surface area contributed by atoms with Gasteiger partial charge in [-0.25, -0.2) is 8.78 Å². The molecule has 0 bridgehead atoms. The number of hydrogen-bond donors (Lipinski definition) is 0. The van der Waals surface area contributed by atoms with Crippen molar-refractivity contribution in [2.45, 2.75) is 107 Å². The number of halogens is 2. The normalized spacial score (nSPS) is 30.9. The fourth-order valence-electron chi connectivity index (χ4n) is 18.8. The van der Waals surface area contributed by atoms with Crippen LogP contribution in [-0.2, 0) is 10.8 Å². The van der Waals surface area contributed by atoms with Crippen LogP contribution in [0.5, 0.6) is 0 Å². The molecule has 0 spiro atoms. The van der Waals surface area contributed by atoms with Gasteiger partial charge in [-0.1, -0.05) is 219 Å². The zero-order chi connectivity index (χ0) is 61.9. The Hall–Kier alpha value is -8.25. The van der Waals surface area contributed by atoms with E-state index >= 15 is 8.78 Å². The lowest BCUT2D eigenvalue weighted by Crippen LogP contribution is -2.43. The summed E-state index contributed by atoms with van der Waals surface area (Å²) < 4.78 is 30.5. The molecule has 1 heterocycles. The van der Waals surface area contributed by atoms with Gasteiger partial charge in [0.25, 0.3) is 0 Å². The fraction of sp³-hybridized carbons (Fsp3) is 0.279. The third-order valence-electron chi connectivity index (χ3n) is 22.9. The molecule has 5 aromatic rings. The van der Waals surface area contributed by atoms with Gasteiger partial charge in [0.15, 0.2) is 0 Å². The van der Waals surface area contributed by atoms with Crippen LogP contribution in [0.3, 0.4) is 0 Å². The molecule has 13 atom stereocenters. The average molecular weight is 1210 g/mol. The maximum atomic E-state index is 15.3. The van der Waals surface area contributed by atoms with Crippen LogP contribution in [0.4, 0.5) is 14.5 Å². The predicted molar refractivity (Wildman–Crippen MR) is 377 cm³/mol. The van der Waals surface area contributed by atoms with E-state index in [1.54, 1.807) is 12.2 Å². The first-order chi connectivity index (χ1) is 44.4. The van der Waals surface area contributed by atoms with Gasteiger partial charge in [-0.3, -0.25) is 0 Å². The Morgan fingerprint density at radius 2 is 1.33 bits per heavy atom. The Labute approximate surface area is 541 Å². The molecule has 454 valence electrons. The molecule has 16 rings (SSSR count). The van der Waals surface area contributed by atoms with Crippen molar-refractivity contribution in [3.05, 3.63) is 343 Å². The van der Waals surface area contributed by atoms with Gasteiger partial charge in [0.1, 0.15) is 5.83 Å². The fourth-order valence-corrected chi connectivity index (χ4v) is 20.3. The standard InChI is InChI=1S/C86H80F2N2S/c1-7-57-21-26-61(27-22-57)85(79-45-53(3)17-19-55(79)5)77-15-11-9-13-71(77)73-42-39-69(51-81(73)85)89(65-35-30-63(87)31-36-65)67-34-25-59-49-84-75(48-60(59)47-67)76-50-68(41-44-83(76)91-84)90(66-37-32-64(88)33-38-66)70-40-43-74-72-14-10-12-16-78(72)86(82(74)52-70,62-28-23-58(8-2)24-29-62)80-46-54(4)18-20-56(80)6/h7-26,28-30,32-34,37,39-40,42-43,45-52,61,65-66,72-75,78,81-82,84H,1-2,27,31,35-36,38,41,44H2,3-6H3. The van der Waals surface area contributed by atoms with Crippen LogP contribution < -0.4 is 15.3 Å². The van der Waals surface area contributed by atoms with Crippen LogP contribution in [0.1, 0.15) is 106 Å². The van der Waals surface area contributed by atoms with Crippen molar-refractivity contribution >= 4 is 35.7 Å². The predicted octanol–water partition coefficient (Wildman–Crippen LogP) is 19.4. The number of benzene rings is 5. The van der Waals surface area contributed by atoms with Gasteiger partial charge in [0.2, 0.25) is 0 Å². The zero-order valence-corrected chi connectivity index (χ0v) is 53.6. The second-order valence-corrected chi connectivity index (χ2v) is 28.9. The van der Waals surface area contributed by atoms with Crippen LogP contribution in [0.25, 0.3) is 18.2 Å². The number of aryl methyl sites for hydroxylation is 4. The SMILES string of the molecule is C=CC1=CCC(C2(c3cc(C)ccc3C)c3ccccc3C3C=CC(N(c4ccc5c(c4)=CC4C6=C(CCC(N(C7=CC8C(C=C7)C7C=CC=CC7C8(c7ccc(C=C)cc7)c7cc(C)ccc7C)C7C=CC(F)=CC7)=C6)SC4C=5)C4CC=C(F)CC4)=CC32)C=C1. The minimum absolute atomic E-state index is 0.00391. The summed E-state index contributed by atoms with van der Waals surface area (Å²) in [7, 11) is 0. The highest BCUT2D eigenvalue weighted by Gasteiger charge is 2.61. The van der Waals surface area contributed by atoms with E-state index in [4.69, 9.17) is 0 Å². The van der Waals surface area contributed by atoms with E-state index < -0.39 is 0 Å². The van der Waals surface area contributed by atoms with Gasteiger partial charge >= 0.3 is 0 Å². The molecule has 0 radical (unpaired) electrons. The van der Waals surface area contributed by atoms with Crippen molar-refractivity contribution < 1.29 is 8.78 Å². The molecule has 0 saturated heterocycles. The highest BCUT2D eigenvalue weighted by Crippen LogP contribution is 2.65. The lowest BCUT2D eigenvalue weighted by Gasteiger charge is -2.46. The van der Waals surface area contributed by atoms with E-state index in [0.717, 1.165) is 36.9 Å². The molecule has 1 saturated carbocycles. The van der Waals surface area contributed by atoms with E-state index in [0.29, 0.717) is 25.2 Å². The Bertz CT molecular complexity index is 4470. The minimum atomic E-state index is -0.368. The lowest BCUT2D eigenvalue weighted by atomic mass is 9.57. The number of anilines is 1. The first-order valence-corrected chi connectivity index (χ1v) is 34.4. The average Bonchev–Trinajstić information content (AvgIpc) is 1.56. The quantitative estimate of drug-likeness (QED) is 0.123. The largest absolute Gasteiger partial charge is 0.338 e. The summed E-state index contributed by atoms with van der Waals surface area (Å²) in [5.41, 5.74) is 19.9. The molecular formula is C86H80F2N2S. The summed E-state index contributed by atoms with van der Waals surface area (Å²) >= 11 is 2.05. The van der Waals surface area contributed by atoms with Crippen LogP contribution in [0, 0.1) is 69.1 Å². The molecule has 5 aromatic carbocycles. The monoisotopic (exact) mass is 1210 g/mol. The van der Waals surface area contributed by atoms with Crippen molar-refractivity contribution in [1.29, 1.82) is 0 Å². The lowest BCUT2D eigenvalue weighted by molar-refractivity contribution is 0.297. The number of fused-ring (bicyclic) bond motifs is 9. The number of allylic oxidation sites excluding steroid dienone is 22. The molecule has 13 unspecified atom stereocenters. The third kappa shape index (κ3) is 9.36. The molecule has 5 heteroatoms. The van der Waals surface area contributed by atoms with E-state index in [2.05, 4.69) is 257 Å². The van der Waals surface area contributed by atoms with Crippen LogP contribution in [0.2, 0.25) is 0 Å². The summed E-state index contributed by atoms with van der Waals surface area (Å²) in [4.78, 5) is 6.67. The number of hydrogen-bond acceptors (Lipinski definition) is 3. The van der Waals surface area contributed by atoms with E-state index in [1.807, 2.05) is 30.0 Å². The van der Waals surface area contributed by atoms with Crippen LogP contribution >= 0.6 is 11.8 Å². The summed E-state index contributed by atoms with van der Waals surface area (Å²) in [5, 5.41) is 2.79. The van der Waals surface area contributed by atoms with Crippen molar-refractivity contribution in [3.63, 3.8) is 0 Å². The molecule has 0 N–H and O–H groups in total. The Morgan fingerprint density at radius 1 is 0.571 bits per heavy atom. The molecule has 1 fully saturated rings. The van der Waals surface area contributed by atoms with Gasteiger partial charge in [0, 0.05) is 75.0 Å². The maximum Gasteiger partial charge on any atom is 0.119 e. The summed E-state index contributed by atoms with van der Waals surface area (Å²) in [6.45, 7) is 17.4. The molecule has 0 amide bonds. The molecule has 10 aliphatic carbocycles. The topological polar surface area (TPSA) is 6.48 Å². The molecule has 11 aliphatic rings. The number of nitrogens with zero attached hydrogens (tertiary/aromatic N) is 2. The van der Waals surface area contributed by atoms with Crippen molar-refractivity contribution in [1.82, 2.24) is 4.90 Å².